The van der Waals surface area contributed by atoms with E-state index in [1.165, 1.54) is 11.4 Å². The molecule has 0 saturated carbocycles. The maximum atomic E-state index is 5.95. The van der Waals surface area contributed by atoms with Crippen LogP contribution < -0.4 is 0 Å². The first-order chi connectivity index (χ1) is 11.2. The van der Waals surface area contributed by atoms with Crippen LogP contribution in [0.25, 0.3) is 0 Å². The minimum atomic E-state index is 0.810. The summed E-state index contributed by atoms with van der Waals surface area (Å²) in [5.74, 6) is 1.19. The number of imidazole rings is 1. The summed E-state index contributed by atoms with van der Waals surface area (Å²) in [5.41, 5.74) is 1.34. The average molecular weight is 333 g/mol. The number of halogens is 1. The number of piperazine rings is 1. The Hall–Kier alpha value is -1.36. The zero-order valence-electron chi connectivity index (χ0n) is 13.8. The molecule has 1 aromatic heterocycles. The van der Waals surface area contributed by atoms with Crippen molar-refractivity contribution in [3.05, 3.63) is 53.1 Å². The molecule has 0 aliphatic carbocycles. The number of benzene rings is 1. The first-order valence-corrected chi connectivity index (χ1v) is 8.81. The van der Waals surface area contributed by atoms with Crippen LogP contribution in [0.15, 0.2) is 36.7 Å². The second-order valence-electron chi connectivity index (χ2n) is 6.13. The summed E-state index contributed by atoms with van der Waals surface area (Å²) in [6.45, 7) is 9.88. The fraction of sp³-hybridized carbons (Fsp3) is 0.500. The third-order valence-electron chi connectivity index (χ3n) is 4.56. The molecule has 0 radical (unpaired) electrons. The van der Waals surface area contributed by atoms with Crippen LogP contribution in [0.2, 0.25) is 5.02 Å². The molecule has 2 aromatic rings. The predicted octanol–water partition coefficient (Wildman–Crippen LogP) is 2.92. The van der Waals surface area contributed by atoms with E-state index in [9.17, 15) is 0 Å². The highest BCUT2D eigenvalue weighted by Crippen LogP contribution is 2.13. The SMILES string of the molecule is CCc1nccn1CCN1CCN(Cc2ccc(Cl)cc2)CC1. The van der Waals surface area contributed by atoms with Gasteiger partial charge in [-0.3, -0.25) is 9.80 Å². The zero-order chi connectivity index (χ0) is 16.1. The number of rotatable bonds is 6. The van der Waals surface area contributed by atoms with Gasteiger partial charge in [0.1, 0.15) is 5.82 Å². The van der Waals surface area contributed by atoms with Gasteiger partial charge in [0.25, 0.3) is 0 Å². The van der Waals surface area contributed by atoms with Gasteiger partial charge in [-0.05, 0) is 17.7 Å². The van der Waals surface area contributed by atoms with Gasteiger partial charge in [0, 0.05) is 69.7 Å². The van der Waals surface area contributed by atoms with Crippen LogP contribution in [0.1, 0.15) is 18.3 Å². The second kappa shape index (κ2) is 7.95. The third-order valence-corrected chi connectivity index (χ3v) is 4.81. The van der Waals surface area contributed by atoms with Crippen molar-refractivity contribution in [1.29, 1.82) is 0 Å². The number of aryl methyl sites for hydroxylation is 1. The van der Waals surface area contributed by atoms with Gasteiger partial charge in [0.15, 0.2) is 0 Å². The van der Waals surface area contributed by atoms with Crippen molar-refractivity contribution in [3.63, 3.8) is 0 Å². The molecule has 23 heavy (non-hydrogen) atoms. The molecule has 0 unspecified atom stereocenters. The van der Waals surface area contributed by atoms with E-state index >= 15 is 0 Å². The van der Waals surface area contributed by atoms with E-state index < -0.39 is 0 Å². The molecule has 124 valence electrons. The molecule has 4 nitrogen and oxygen atoms in total. The molecule has 1 fully saturated rings. The Kier molecular flexibility index (Phi) is 5.70. The van der Waals surface area contributed by atoms with E-state index in [2.05, 4.69) is 44.6 Å². The van der Waals surface area contributed by atoms with Crippen molar-refractivity contribution in [2.24, 2.45) is 0 Å². The molecule has 1 aromatic carbocycles. The fourth-order valence-electron chi connectivity index (χ4n) is 3.13. The number of aromatic nitrogens is 2. The monoisotopic (exact) mass is 332 g/mol. The minimum Gasteiger partial charge on any atom is -0.334 e. The van der Waals surface area contributed by atoms with Gasteiger partial charge in [-0.15, -0.1) is 0 Å². The van der Waals surface area contributed by atoms with Gasteiger partial charge in [0.2, 0.25) is 0 Å². The Balaban J connectivity index is 1.42. The molecule has 0 atom stereocenters. The summed E-state index contributed by atoms with van der Waals surface area (Å²) in [6, 6.07) is 8.20. The summed E-state index contributed by atoms with van der Waals surface area (Å²) >= 11 is 5.95. The largest absolute Gasteiger partial charge is 0.334 e. The van der Waals surface area contributed by atoms with Crippen molar-refractivity contribution in [1.82, 2.24) is 19.4 Å². The van der Waals surface area contributed by atoms with Crippen molar-refractivity contribution in [2.75, 3.05) is 32.7 Å². The molecule has 1 aliphatic rings. The lowest BCUT2D eigenvalue weighted by molar-refractivity contribution is 0.124. The zero-order valence-corrected chi connectivity index (χ0v) is 14.5. The molecule has 3 rings (SSSR count). The average Bonchev–Trinajstić information content (AvgIpc) is 3.04. The molecular weight excluding hydrogens is 308 g/mol. The summed E-state index contributed by atoms with van der Waals surface area (Å²) < 4.78 is 2.28. The van der Waals surface area contributed by atoms with E-state index in [1.807, 2.05) is 18.3 Å². The van der Waals surface area contributed by atoms with Gasteiger partial charge >= 0.3 is 0 Å². The van der Waals surface area contributed by atoms with E-state index in [1.54, 1.807) is 0 Å². The van der Waals surface area contributed by atoms with Crippen LogP contribution in [0.5, 0.6) is 0 Å². The van der Waals surface area contributed by atoms with Crippen molar-refractivity contribution >= 4 is 11.6 Å². The number of hydrogen-bond donors (Lipinski definition) is 0. The number of nitrogens with zero attached hydrogens (tertiary/aromatic N) is 4. The molecular formula is C18H25ClN4. The van der Waals surface area contributed by atoms with E-state index in [-0.39, 0.29) is 0 Å². The third kappa shape index (κ3) is 4.56. The van der Waals surface area contributed by atoms with Crippen LogP contribution in [-0.2, 0) is 19.5 Å². The highest BCUT2D eigenvalue weighted by Gasteiger charge is 2.17. The highest BCUT2D eigenvalue weighted by atomic mass is 35.5. The standard InChI is InChI=1S/C18H25ClN4/c1-2-18-20-7-8-23(18)14-13-21-9-11-22(12-10-21)15-16-3-5-17(19)6-4-16/h3-8H,2,9-15H2,1H3. The van der Waals surface area contributed by atoms with Crippen LogP contribution >= 0.6 is 11.6 Å². The first kappa shape index (κ1) is 16.5. The van der Waals surface area contributed by atoms with Crippen molar-refractivity contribution in [3.8, 4) is 0 Å². The summed E-state index contributed by atoms with van der Waals surface area (Å²) in [6.07, 6.45) is 5.00. The Morgan fingerprint density at radius 3 is 2.39 bits per heavy atom. The molecule has 5 heteroatoms. The Labute approximate surface area is 143 Å². The van der Waals surface area contributed by atoms with E-state index in [0.29, 0.717) is 0 Å². The van der Waals surface area contributed by atoms with E-state index in [0.717, 1.165) is 57.3 Å². The van der Waals surface area contributed by atoms with Gasteiger partial charge in [-0.2, -0.15) is 0 Å². The maximum Gasteiger partial charge on any atom is 0.108 e. The molecule has 1 aliphatic heterocycles. The Morgan fingerprint density at radius 1 is 1.00 bits per heavy atom. The quantitative estimate of drug-likeness (QED) is 0.813. The molecule has 0 N–H and O–H groups in total. The topological polar surface area (TPSA) is 24.3 Å². The van der Waals surface area contributed by atoms with Crippen LogP contribution in [0, 0.1) is 0 Å². The normalized spacial score (nSPS) is 16.8. The van der Waals surface area contributed by atoms with E-state index in [4.69, 9.17) is 11.6 Å². The van der Waals surface area contributed by atoms with Gasteiger partial charge in [0.05, 0.1) is 0 Å². The molecule has 0 spiro atoms. The molecule has 2 heterocycles. The van der Waals surface area contributed by atoms with Crippen molar-refractivity contribution < 1.29 is 0 Å². The highest BCUT2D eigenvalue weighted by molar-refractivity contribution is 6.30. The molecule has 1 saturated heterocycles. The summed E-state index contributed by atoms with van der Waals surface area (Å²) in [5, 5.41) is 0.810. The maximum absolute atomic E-state index is 5.95. The lowest BCUT2D eigenvalue weighted by Gasteiger charge is -2.34. The van der Waals surface area contributed by atoms with Crippen molar-refractivity contribution in [2.45, 2.75) is 26.4 Å². The lowest BCUT2D eigenvalue weighted by Crippen LogP contribution is -2.46. The minimum absolute atomic E-state index is 0.810. The molecule has 0 bridgehead atoms. The lowest BCUT2D eigenvalue weighted by atomic mass is 10.2. The first-order valence-electron chi connectivity index (χ1n) is 8.44. The summed E-state index contributed by atoms with van der Waals surface area (Å²) in [4.78, 5) is 9.47. The van der Waals surface area contributed by atoms with Crippen LogP contribution in [0.4, 0.5) is 0 Å². The van der Waals surface area contributed by atoms with Crippen LogP contribution in [0.3, 0.4) is 0 Å². The predicted molar refractivity (Wildman–Crippen MR) is 94.8 cm³/mol. The number of hydrogen-bond acceptors (Lipinski definition) is 3. The fourth-order valence-corrected chi connectivity index (χ4v) is 3.25. The second-order valence-corrected chi connectivity index (χ2v) is 6.57. The summed E-state index contributed by atoms with van der Waals surface area (Å²) in [7, 11) is 0. The van der Waals surface area contributed by atoms with Gasteiger partial charge in [-0.25, -0.2) is 4.98 Å². The van der Waals surface area contributed by atoms with Gasteiger partial charge < -0.3 is 4.57 Å². The Morgan fingerprint density at radius 2 is 1.70 bits per heavy atom. The van der Waals surface area contributed by atoms with Crippen LogP contribution in [-0.4, -0.2) is 52.1 Å². The smallest absolute Gasteiger partial charge is 0.108 e. The Bertz CT molecular complexity index is 600. The molecule has 0 amide bonds. The van der Waals surface area contributed by atoms with Gasteiger partial charge in [-0.1, -0.05) is 30.7 Å².